The summed E-state index contributed by atoms with van der Waals surface area (Å²) in [4.78, 5) is 13.1. The van der Waals surface area contributed by atoms with E-state index in [1.807, 2.05) is 24.3 Å². The first kappa shape index (κ1) is 18.7. The number of hydrogen-bond donors (Lipinski definition) is 0. The van der Waals surface area contributed by atoms with Crippen LogP contribution in [0.3, 0.4) is 0 Å². The molecule has 0 fully saturated rings. The van der Waals surface area contributed by atoms with Gasteiger partial charge in [0.15, 0.2) is 17.5 Å². The Morgan fingerprint density at radius 1 is 0.654 bits per heavy atom. The fraction of sp³-hybridized carbons (Fsp3) is 0.167. The van der Waals surface area contributed by atoms with E-state index in [4.69, 9.17) is 44.3 Å². The lowest BCUT2D eigenvalue weighted by molar-refractivity contribution is 0.415. The lowest BCUT2D eigenvalue weighted by Gasteiger charge is -2.13. The molecule has 0 N–H and O–H groups in total. The van der Waals surface area contributed by atoms with Crippen molar-refractivity contribution in [2.24, 2.45) is 0 Å². The van der Waals surface area contributed by atoms with Crippen molar-refractivity contribution in [1.82, 2.24) is 15.0 Å². The van der Waals surface area contributed by atoms with Crippen LogP contribution in [0, 0.1) is 0 Å². The van der Waals surface area contributed by atoms with Crippen molar-refractivity contribution in [3.63, 3.8) is 0 Å². The van der Waals surface area contributed by atoms with Gasteiger partial charge in [-0.15, -0.1) is 0 Å². The van der Waals surface area contributed by atoms with Crippen molar-refractivity contribution in [1.29, 1.82) is 0 Å². The third kappa shape index (κ3) is 4.18. The second kappa shape index (κ2) is 7.66. The van der Waals surface area contributed by atoms with Gasteiger partial charge in [0.2, 0.25) is 3.79 Å². The number of benzene rings is 2. The van der Waals surface area contributed by atoms with Crippen molar-refractivity contribution < 1.29 is 9.47 Å². The van der Waals surface area contributed by atoms with Crippen LogP contribution in [0.5, 0.6) is 11.5 Å². The Bertz CT molecular complexity index is 829. The number of aromatic nitrogens is 3. The Morgan fingerprint density at radius 3 is 1.35 bits per heavy atom. The molecule has 0 unspecified atom stereocenters. The average Bonchev–Trinajstić information content (AvgIpc) is 2.67. The van der Waals surface area contributed by atoms with Crippen LogP contribution in [0.15, 0.2) is 48.5 Å². The molecular formula is C18H14Cl3N3O2. The van der Waals surface area contributed by atoms with E-state index in [2.05, 4.69) is 15.0 Å². The summed E-state index contributed by atoms with van der Waals surface area (Å²) in [6.07, 6.45) is 0. The Kier molecular flexibility index (Phi) is 5.51. The van der Waals surface area contributed by atoms with Gasteiger partial charge in [0, 0.05) is 11.1 Å². The van der Waals surface area contributed by atoms with Crippen molar-refractivity contribution in [3.05, 3.63) is 54.4 Å². The zero-order valence-corrected chi connectivity index (χ0v) is 16.2. The molecule has 0 aliphatic carbocycles. The van der Waals surface area contributed by atoms with Crippen molar-refractivity contribution in [2.75, 3.05) is 14.2 Å². The Hall–Kier alpha value is -2.08. The molecule has 1 aromatic heterocycles. The van der Waals surface area contributed by atoms with Gasteiger partial charge in [0.1, 0.15) is 11.5 Å². The molecule has 0 aliphatic rings. The van der Waals surface area contributed by atoms with Gasteiger partial charge in [0.25, 0.3) is 0 Å². The van der Waals surface area contributed by atoms with Crippen molar-refractivity contribution in [2.45, 2.75) is 3.79 Å². The highest BCUT2D eigenvalue weighted by Crippen LogP contribution is 2.37. The summed E-state index contributed by atoms with van der Waals surface area (Å²) in [7, 11) is 3.20. The highest BCUT2D eigenvalue weighted by atomic mass is 35.6. The lowest BCUT2D eigenvalue weighted by atomic mass is 10.2. The minimum atomic E-state index is -1.77. The molecular weight excluding hydrogens is 397 g/mol. The normalized spacial score (nSPS) is 11.3. The number of nitrogens with zero attached hydrogens (tertiary/aromatic N) is 3. The maximum atomic E-state index is 6.01. The molecule has 1 heterocycles. The van der Waals surface area contributed by atoms with E-state index in [0.717, 1.165) is 22.6 Å². The monoisotopic (exact) mass is 409 g/mol. The fourth-order valence-corrected chi connectivity index (χ4v) is 2.49. The summed E-state index contributed by atoms with van der Waals surface area (Å²) in [6, 6.07) is 14.5. The first-order chi connectivity index (χ1) is 12.4. The number of halogens is 3. The molecule has 0 amide bonds. The number of ether oxygens (including phenoxy) is 2. The summed E-state index contributed by atoms with van der Waals surface area (Å²) >= 11 is 18.0. The molecule has 0 spiro atoms. The molecule has 0 radical (unpaired) electrons. The Balaban J connectivity index is 2.11. The second-order valence-electron chi connectivity index (χ2n) is 5.26. The second-order valence-corrected chi connectivity index (χ2v) is 7.54. The van der Waals surface area contributed by atoms with Crippen LogP contribution in [-0.2, 0) is 3.79 Å². The van der Waals surface area contributed by atoms with Crippen LogP contribution < -0.4 is 9.47 Å². The van der Waals surface area contributed by atoms with Crippen LogP contribution >= 0.6 is 34.8 Å². The highest BCUT2D eigenvalue weighted by Gasteiger charge is 2.28. The predicted octanol–water partition coefficient (Wildman–Crippen LogP) is 5.05. The zero-order valence-electron chi connectivity index (χ0n) is 13.9. The first-order valence-electron chi connectivity index (χ1n) is 7.53. The molecule has 26 heavy (non-hydrogen) atoms. The van der Waals surface area contributed by atoms with Gasteiger partial charge in [-0.05, 0) is 48.5 Å². The molecule has 0 saturated heterocycles. The van der Waals surface area contributed by atoms with Gasteiger partial charge < -0.3 is 9.47 Å². The smallest absolute Gasteiger partial charge is 0.250 e. The maximum Gasteiger partial charge on any atom is 0.250 e. The Morgan fingerprint density at radius 2 is 1.04 bits per heavy atom. The molecule has 134 valence electrons. The molecule has 3 rings (SSSR count). The van der Waals surface area contributed by atoms with Gasteiger partial charge in [-0.3, -0.25) is 0 Å². The Labute approximate surface area is 165 Å². The fourth-order valence-electron chi connectivity index (χ4n) is 2.24. The van der Waals surface area contributed by atoms with Gasteiger partial charge >= 0.3 is 0 Å². The van der Waals surface area contributed by atoms with Gasteiger partial charge in [-0.25, -0.2) is 15.0 Å². The van der Waals surface area contributed by atoms with E-state index >= 15 is 0 Å². The van der Waals surface area contributed by atoms with E-state index in [9.17, 15) is 0 Å². The van der Waals surface area contributed by atoms with Crippen LogP contribution in [0.4, 0.5) is 0 Å². The molecule has 8 heteroatoms. The molecule has 0 atom stereocenters. The quantitative estimate of drug-likeness (QED) is 0.563. The largest absolute Gasteiger partial charge is 0.497 e. The van der Waals surface area contributed by atoms with Crippen LogP contribution in [0.1, 0.15) is 5.82 Å². The molecule has 5 nitrogen and oxygen atoms in total. The van der Waals surface area contributed by atoms with Crippen molar-refractivity contribution >= 4 is 34.8 Å². The summed E-state index contributed by atoms with van der Waals surface area (Å²) in [6.45, 7) is 0. The third-order valence-electron chi connectivity index (χ3n) is 3.59. The average molecular weight is 411 g/mol. The van der Waals surface area contributed by atoms with Crippen LogP contribution in [-0.4, -0.2) is 29.2 Å². The van der Waals surface area contributed by atoms with E-state index in [1.54, 1.807) is 38.5 Å². The summed E-state index contributed by atoms with van der Waals surface area (Å²) in [5, 5.41) is 0. The molecule has 3 aromatic rings. The predicted molar refractivity (Wildman–Crippen MR) is 103 cm³/mol. The van der Waals surface area contributed by atoms with E-state index in [1.165, 1.54) is 0 Å². The van der Waals surface area contributed by atoms with Crippen molar-refractivity contribution in [3.8, 4) is 34.3 Å². The van der Waals surface area contributed by atoms with E-state index < -0.39 is 3.79 Å². The standard InChI is InChI=1S/C18H14Cl3N3O2/c1-25-13-7-3-11(4-8-13)15-22-16(24-17(23-15)18(19,20)21)12-5-9-14(26-2)10-6-12/h3-10H,1-2H3. The summed E-state index contributed by atoms with van der Waals surface area (Å²) < 4.78 is 8.57. The SMILES string of the molecule is COc1ccc(-c2nc(-c3ccc(OC)cc3)nc(C(Cl)(Cl)Cl)n2)cc1. The minimum Gasteiger partial charge on any atom is -0.497 e. The first-order valence-corrected chi connectivity index (χ1v) is 8.66. The number of methoxy groups -OCH3 is 2. The van der Waals surface area contributed by atoms with Gasteiger partial charge in [0.05, 0.1) is 14.2 Å². The summed E-state index contributed by atoms with van der Waals surface area (Å²) in [5.41, 5.74) is 1.50. The number of hydrogen-bond acceptors (Lipinski definition) is 5. The minimum absolute atomic E-state index is 0.0501. The number of alkyl halides is 3. The molecule has 0 bridgehead atoms. The molecule has 0 saturated carbocycles. The third-order valence-corrected chi connectivity index (χ3v) is 4.09. The highest BCUT2D eigenvalue weighted by molar-refractivity contribution is 6.66. The zero-order chi connectivity index (χ0) is 18.7. The molecule has 2 aromatic carbocycles. The summed E-state index contributed by atoms with van der Waals surface area (Å²) in [5.74, 6) is 2.29. The van der Waals surface area contributed by atoms with Gasteiger partial charge in [-0.1, -0.05) is 34.8 Å². The topological polar surface area (TPSA) is 57.1 Å². The van der Waals surface area contributed by atoms with Gasteiger partial charge in [-0.2, -0.15) is 0 Å². The van der Waals surface area contributed by atoms with Crippen LogP contribution in [0.25, 0.3) is 22.8 Å². The lowest BCUT2D eigenvalue weighted by Crippen LogP contribution is -2.11. The van der Waals surface area contributed by atoms with E-state index in [-0.39, 0.29) is 5.82 Å². The maximum absolute atomic E-state index is 6.01. The van der Waals surface area contributed by atoms with E-state index in [0.29, 0.717) is 11.6 Å². The molecule has 0 aliphatic heterocycles. The van der Waals surface area contributed by atoms with Crippen LogP contribution in [0.2, 0.25) is 0 Å². The number of rotatable bonds is 4.